The standard InChI is InChI=1S/C54H86Br2N2O2S3/c1-3-5-7-9-11-13-15-17-19-21-23-25-27-29-31-33-35-37-43-59-53-49(45-39-41-47(55)61-45)51-52(58-63-57-51)50(46-40-42-48(56)62-46)54(53)60-44-38-36-34-32-30-28-26-24-22-20-18-16-14-12-10-8-6-4-2/h39-42H,3-38,43-44H2,1-2H3. The van der Waals surface area contributed by atoms with Crippen LogP contribution in [-0.4, -0.2) is 22.0 Å². The van der Waals surface area contributed by atoms with E-state index in [1.54, 1.807) is 22.7 Å². The van der Waals surface area contributed by atoms with Crippen LogP contribution in [0.3, 0.4) is 0 Å². The maximum Gasteiger partial charge on any atom is 0.172 e. The topological polar surface area (TPSA) is 44.2 Å². The highest BCUT2D eigenvalue weighted by Gasteiger charge is 2.28. The summed E-state index contributed by atoms with van der Waals surface area (Å²) in [4.78, 5) is 2.26. The Morgan fingerprint density at radius 1 is 0.365 bits per heavy atom. The molecule has 0 aliphatic carbocycles. The summed E-state index contributed by atoms with van der Waals surface area (Å²) in [5.74, 6) is 1.66. The summed E-state index contributed by atoms with van der Waals surface area (Å²) in [6.45, 7) is 5.95. The van der Waals surface area contributed by atoms with Crippen molar-refractivity contribution >= 4 is 77.3 Å². The van der Waals surface area contributed by atoms with Gasteiger partial charge in [0.2, 0.25) is 0 Å². The molecule has 4 aromatic rings. The van der Waals surface area contributed by atoms with Gasteiger partial charge in [0.1, 0.15) is 11.0 Å². The van der Waals surface area contributed by atoms with E-state index in [2.05, 4.69) is 70.0 Å². The van der Waals surface area contributed by atoms with Gasteiger partial charge in [-0.2, -0.15) is 8.75 Å². The van der Waals surface area contributed by atoms with Crippen LogP contribution in [0.25, 0.3) is 31.9 Å². The van der Waals surface area contributed by atoms with Crippen molar-refractivity contribution in [2.75, 3.05) is 13.2 Å². The molecule has 3 heterocycles. The number of nitrogens with zero attached hydrogens (tertiary/aromatic N) is 2. The molecule has 356 valence electrons. The molecule has 0 bridgehead atoms. The SMILES string of the molecule is CCCCCCCCCCCCCCCCCCCCOc1c(OCCCCCCCCCCCCCCCCCCCC)c(-c2ccc(Br)s2)c2nsnc2c1-c1ccc(Br)s1. The molecule has 9 heteroatoms. The molecule has 0 aliphatic heterocycles. The molecule has 63 heavy (non-hydrogen) atoms. The fourth-order valence-corrected chi connectivity index (χ4v) is 12.4. The first-order chi connectivity index (χ1) is 31.1. The van der Waals surface area contributed by atoms with Gasteiger partial charge in [-0.25, -0.2) is 0 Å². The molecule has 0 saturated heterocycles. The first-order valence-electron chi connectivity index (χ1n) is 26.2. The van der Waals surface area contributed by atoms with Crippen molar-refractivity contribution in [1.29, 1.82) is 0 Å². The second-order valence-corrected chi connectivity index (χ2v) is 23.7. The molecule has 0 radical (unpaired) electrons. The Hall–Kier alpha value is -1.000. The van der Waals surface area contributed by atoms with Gasteiger partial charge in [0.15, 0.2) is 11.5 Å². The average Bonchev–Trinajstić information content (AvgIpc) is 4.06. The predicted molar refractivity (Wildman–Crippen MR) is 288 cm³/mol. The quantitative estimate of drug-likeness (QED) is 0.0415. The minimum Gasteiger partial charge on any atom is -0.489 e. The van der Waals surface area contributed by atoms with E-state index in [1.807, 2.05) is 0 Å². The lowest BCUT2D eigenvalue weighted by Gasteiger charge is -2.20. The van der Waals surface area contributed by atoms with E-state index in [-0.39, 0.29) is 0 Å². The number of unbranched alkanes of at least 4 members (excludes halogenated alkanes) is 34. The largest absolute Gasteiger partial charge is 0.489 e. The van der Waals surface area contributed by atoms with Gasteiger partial charge in [0.25, 0.3) is 0 Å². The number of thiophene rings is 2. The van der Waals surface area contributed by atoms with Gasteiger partial charge in [-0.3, -0.25) is 0 Å². The van der Waals surface area contributed by atoms with E-state index in [0.717, 1.165) is 63.8 Å². The van der Waals surface area contributed by atoms with Crippen LogP contribution in [0.4, 0.5) is 0 Å². The van der Waals surface area contributed by atoms with Crippen LogP contribution in [-0.2, 0) is 0 Å². The molecule has 0 saturated carbocycles. The highest BCUT2D eigenvalue weighted by atomic mass is 79.9. The van der Waals surface area contributed by atoms with Crippen LogP contribution in [0.15, 0.2) is 31.8 Å². The molecular weight excluding hydrogens is 965 g/mol. The van der Waals surface area contributed by atoms with Gasteiger partial charge < -0.3 is 9.47 Å². The zero-order chi connectivity index (χ0) is 44.4. The Labute approximate surface area is 414 Å². The van der Waals surface area contributed by atoms with Crippen molar-refractivity contribution in [2.24, 2.45) is 0 Å². The van der Waals surface area contributed by atoms with Crippen LogP contribution in [0, 0.1) is 0 Å². The van der Waals surface area contributed by atoms with E-state index in [1.165, 1.54) is 230 Å². The number of halogens is 2. The summed E-state index contributed by atoms with van der Waals surface area (Å²) >= 11 is 12.2. The monoisotopic (exact) mass is 1050 g/mol. The van der Waals surface area contributed by atoms with Crippen molar-refractivity contribution in [3.8, 4) is 32.4 Å². The van der Waals surface area contributed by atoms with Crippen molar-refractivity contribution < 1.29 is 9.47 Å². The third-order valence-corrected chi connectivity index (χ3v) is 16.6. The Balaban J connectivity index is 1.20. The third kappa shape index (κ3) is 22.6. The number of aromatic nitrogens is 2. The van der Waals surface area contributed by atoms with Crippen LogP contribution >= 0.6 is 66.3 Å². The second kappa shape index (κ2) is 36.1. The van der Waals surface area contributed by atoms with Crippen molar-refractivity contribution in [3.63, 3.8) is 0 Å². The molecule has 1 aromatic carbocycles. The van der Waals surface area contributed by atoms with Crippen molar-refractivity contribution in [3.05, 3.63) is 31.8 Å². The molecule has 0 atom stereocenters. The van der Waals surface area contributed by atoms with Crippen molar-refractivity contribution in [1.82, 2.24) is 8.75 Å². The summed E-state index contributed by atoms with van der Waals surface area (Å²) in [6.07, 6.45) is 49.4. The smallest absolute Gasteiger partial charge is 0.172 e. The zero-order valence-electron chi connectivity index (χ0n) is 39.9. The number of fused-ring (bicyclic) bond motifs is 1. The van der Waals surface area contributed by atoms with Gasteiger partial charge in [-0.1, -0.05) is 232 Å². The molecular formula is C54H86Br2N2O2S3. The molecule has 3 aromatic heterocycles. The fourth-order valence-electron chi connectivity index (χ4n) is 8.94. The molecule has 4 rings (SSSR count). The number of rotatable bonds is 42. The molecule has 0 N–H and O–H groups in total. The zero-order valence-corrected chi connectivity index (χ0v) is 45.5. The maximum atomic E-state index is 6.89. The van der Waals surface area contributed by atoms with Gasteiger partial charge in [0, 0.05) is 9.75 Å². The van der Waals surface area contributed by atoms with Crippen LogP contribution < -0.4 is 9.47 Å². The Morgan fingerprint density at radius 2 is 0.619 bits per heavy atom. The van der Waals surface area contributed by atoms with E-state index >= 15 is 0 Å². The lowest BCUT2D eigenvalue weighted by molar-refractivity contribution is 0.260. The molecule has 0 aliphatic rings. The molecule has 4 nitrogen and oxygen atoms in total. The Morgan fingerprint density at radius 3 is 0.857 bits per heavy atom. The number of hydrogen-bond donors (Lipinski definition) is 0. The normalized spacial score (nSPS) is 11.7. The third-order valence-electron chi connectivity index (χ3n) is 12.8. The second-order valence-electron chi connectivity index (χ2n) is 18.3. The van der Waals surface area contributed by atoms with E-state index < -0.39 is 0 Å². The highest BCUT2D eigenvalue weighted by molar-refractivity contribution is 9.11. The molecule has 0 amide bonds. The molecule has 0 fully saturated rings. The summed E-state index contributed by atoms with van der Waals surface area (Å²) in [7, 11) is 0. The summed E-state index contributed by atoms with van der Waals surface area (Å²) in [5.41, 5.74) is 3.84. The number of ether oxygens (including phenoxy) is 2. The van der Waals surface area contributed by atoms with Gasteiger partial charge in [0.05, 0.1) is 43.6 Å². The van der Waals surface area contributed by atoms with Gasteiger partial charge in [-0.05, 0) is 69.0 Å². The molecule has 0 spiro atoms. The average molecular weight is 1050 g/mol. The lowest BCUT2D eigenvalue weighted by atomic mass is 10.0. The Kier molecular flexibility index (Phi) is 31.3. The maximum absolute atomic E-state index is 6.89. The summed E-state index contributed by atoms with van der Waals surface area (Å²) < 4.78 is 25.8. The highest BCUT2D eigenvalue weighted by Crippen LogP contribution is 2.53. The summed E-state index contributed by atoms with van der Waals surface area (Å²) in [6, 6.07) is 8.59. The van der Waals surface area contributed by atoms with Gasteiger partial charge >= 0.3 is 0 Å². The van der Waals surface area contributed by atoms with Crippen LogP contribution in [0.1, 0.15) is 245 Å². The molecule has 0 unspecified atom stereocenters. The minimum absolute atomic E-state index is 0.671. The first-order valence-corrected chi connectivity index (χ1v) is 30.2. The van der Waals surface area contributed by atoms with Gasteiger partial charge in [-0.15, -0.1) is 22.7 Å². The van der Waals surface area contributed by atoms with E-state index in [0.29, 0.717) is 13.2 Å². The minimum atomic E-state index is 0.671. The van der Waals surface area contributed by atoms with Crippen LogP contribution in [0.5, 0.6) is 11.5 Å². The summed E-state index contributed by atoms with van der Waals surface area (Å²) in [5, 5.41) is 0. The predicted octanol–water partition coefficient (Wildman–Crippen LogP) is 21.5. The fraction of sp³-hybridized carbons (Fsp3) is 0.741. The number of benzene rings is 1. The lowest BCUT2D eigenvalue weighted by Crippen LogP contribution is -2.06. The number of hydrogen-bond acceptors (Lipinski definition) is 7. The van der Waals surface area contributed by atoms with Crippen molar-refractivity contribution in [2.45, 2.75) is 245 Å². The van der Waals surface area contributed by atoms with E-state index in [9.17, 15) is 0 Å². The van der Waals surface area contributed by atoms with E-state index in [4.69, 9.17) is 18.2 Å². The Bertz CT molecular complexity index is 1580. The van der Waals surface area contributed by atoms with Crippen LogP contribution in [0.2, 0.25) is 0 Å². The first kappa shape index (κ1) is 54.6.